The van der Waals surface area contributed by atoms with Crippen LogP contribution >= 0.6 is 0 Å². The fraction of sp³-hybridized carbons (Fsp3) is 0.455. The summed E-state index contributed by atoms with van der Waals surface area (Å²) in [5, 5.41) is 18.6. The maximum atomic E-state index is 9.30. The molecule has 2 aromatic carbocycles. The molecule has 0 fully saturated rings. The highest BCUT2D eigenvalue weighted by molar-refractivity contribution is 5.52. The minimum atomic E-state index is 0.222. The van der Waals surface area contributed by atoms with Crippen LogP contribution in [0.3, 0.4) is 0 Å². The second kappa shape index (κ2) is 8.78. The molecule has 4 nitrogen and oxygen atoms in total. The van der Waals surface area contributed by atoms with Gasteiger partial charge >= 0.3 is 0 Å². The van der Waals surface area contributed by atoms with E-state index in [4.69, 9.17) is 0 Å². The molecule has 1 aliphatic carbocycles. The molecule has 0 spiro atoms. The third-order valence-electron chi connectivity index (χ3n) is 5.68. The summed E-state index contributed by atoms with van der Waals surface area (Å²) in [5.74, 6) is 0.728. The Labute approximate surface area is 156 Å². The van der Waals surface area contributed by atoms with Crippen molar-refractivity contribution in [3.8, 4) is 0 Å². The molecule has 3 rings (SSSR count). The first kappa shape index (κ1) is 19.1. The van der Waals surface area contributed by atoms with Crippen LogP contribution in [0.5, 0.6) is 0 Å². The lowest BCUT2D eigenvalue weighted by molar-refractivity contribution is -0.881. The van der Waals surface area contributed by atoms with E-state index in [-0.39, 0.29) is 13.2 Å². The lowest BCUT2D eigenvalue weighted by Crippen LogP contribution is -3.10. The van der Waals surface area contributed by atoms with Crippen molar-refractivity contribution >= 4 is 0 Å². The van der Waals surface area contributed by atoms with Gasteiger partial charge in [0.1, 0.15) is 13.1 Å². The van der Waals surface area contributed by atoms with E-state index in [1.165, 1.54) is 32.1 Å². The Balaban J connectivity index is 2.01. The first-order chi connectivity index (χ1) is 12.7. The highest BCUT2D eigenvalue weighted by Crippen LogP contribution is 2.42. The number of benzene rings is 2. The van der Waals surface area contributed by atoms with E-state index in [0.717, 1.165) is 26.2 Å². The lowest BCUT2D eigenvalue weighted by atomic mass is 9.72. The molecule has 0 saturated carbocycles. The van der Waals surface area contributed by atoms with E-state index in [0.29, 0.717) is 11.8 Å². The van der Waals surface area contributed by atoms with Gasteiger partial charge in [0, 0.05) is 0 Å². The quantitative estimate of drug-likeness (QED) is 0.505. The number of aliphatic hydroxyl groups excluding tert-OH is 2. The second-order valence-corrected chi connectivity index (χ2v) is 7.63. The summed E-state index contributed by atoms with van der Waals surface area (Å²) in [7, 11) is 4.32. The predicted molar refractivity (Wildman–Crippen MR) is 104 cm³/mol. The average Bonchev–Trinajstić information content (AvgIpc) is 2.65. The predicted octanol–water partition coefficient (Wildman–Crippen LogP) is -0.722. The maximum absolute atomic E-state index is 9.30. The van der Waals surface area contributed by atoms with Crippen molar-refractivity contribution in [2.75, 3.05) is 53.5 Å². The van der Waals surface area contributed by atoms with Crippen LogP contribution in [-0.2, 0) is 0 Å². The van der Waals surface area contributed by atoms with Gasteiger partial charge in [0.25, 0.3) is 0 Å². The van der Waals surface area contributed by atoms with Crippen LogP contribution in [0.15, 0.2) is 48.5 Å². The number of likely N-dealkylation sites (N-methyl/N-ethyl adjacent to an activating group) is 2. The summed E-state index contributed by atoms with van der Waals surface area (Å²) in [6.45, 7) is 3.96. The van der Waals surface area contributed by atoms with E-state index >= 15 is 0 Å². The maximum Gasteiger partial charge on any atom is 0.100 e. The molecule has 0 aromatic heterocycles. The number of rotatable bonds is 8. The molecular formula is C22H32N2O2+2. The van der Waals surface area contributed by atoms with Crippen molar-refractivity contribution in [2.45, 2.75) is 11.8 Å². The topological polar surface area (TPSA) is 49.3 Å². The van der Waals surface area contributed by atoms with Crippen molar-refractivity contribution in [1.82, 2.24) is 0 Å². The van der Waals surface area contributed by atoms with Crippen molar-refractivity contribution < 1.29 is 20.0 Å². The van der Waals surface area contributed by atoms with Gasteiger partial charge in [-0.3, -0.25) is 0 Å². The number of hydrogen-bond donors (Lipinski definition) is 4. The SMILES string of the molecule is C[NH+](CCO)CC1c2ccccc2C(C[NH+](C)CCO)c2ccccc21. The van der Waals surface area contributed by atoms with Gasteiger partial charge in [0.15, 0.2) is 0 Å². The summed E-state index contributed by atoms with van der Waals surface area (Å²) in [4.78, 5) is 2.70. The Morgan fingerprint density at radius 3 is 1.23 bits per heavy atom. The number of quaternary nitrogens is 2. The highest BCUT2D eigenvalue weighted by atomic mass is 16.3. The molecule has 0 aliphatic heterocycles. The molecule has 0 bridgehead atoms. The number of aliphatic hydroxyl groups is 2. The molecule has 0 radical (unpaired) electrons. The Morgan fingerprint density at radius 1 is 0.654 bits per heavy atom. The molecule has 140 valence electrons. The lowest BCUT2D eigenvalue weighted by Gasteiger charge is -2.35. The minimum absolute atomic E-state index is 0.222. The molecule has 2 atom stereocenters. The Hall–Kier alpha value is -1.72. The van der Waals surface area contributed by atoms with Gasteiger partial charge in [-0.25, -0.2) is 0 Å². The number of fused-ring (bicyclic) bond motifs is 2. The van der Waals surface area contributed by atoms with Crippen molar-refractivity contribution in [3.05, 3.63) is 70.8 Å². The van der Waals surface area contributed by atoms with Crippen molar-refractivity contribution in [1.29, 1.82) is 0 Å². The molecule has 26 heavy (non-hydrogen) atoms. The Bertz CT molecular complexity index is 611. The number of nitrogens with one attached hydrogen (secondary N) is 2. The van der Waals surface area contributed by atoms with Gasteiger partial charge in [-0.1, -0.05) is 48.5 Å². The fourth-order valence-corrected chi connectivity index (χ4v) is 4.35. The average molecular weight is 357 g/mol. The van der Waals surface area contributed by atoms with Crippen LogP contribution in [0.2, 0.25) is 0 Å². The van der Waals surface area contributed by atoms with Gasteiger partial charge in [-0.2, -0.15) is 0 Å². The van der Waals surface area contributed by atoms with Crippen LogP contribution in [0.4, 0.5) is 0 Å². The summed E-state index contributed by atoms with van der Waals surface area (Å²) in [6, 6.07) is 17.7. The molecule has 4 heteroatoms. The molecule has 2 aromatic rings. The van der Waals surface area contributed by atoms with Crippen molar-refractivity contribution in [3.63, 3.8) is 0 Å². The molecule has 1 aliphatic rings. The molecular weight excluding hydrogens is 324 g/mol. The summed E-state index contributed by atoms with van der Waals surface area (Å²) < 4.78 is 0. The van der Waals surface area contributed by atoms with Crippen LogP contribution in [0, 0.1) is 0 Å². The van der Waals surface area contributed by atoms with E-state index < -0.39 is 0 Å². The molecule has 0 saturated heterocycles. The smallest absolute Gasteiger partial charge is 0.100 e. The molecule has 4 N–H and O–H groups in total. The summed E-state index contributed by atoms with van der Waals surface area (Å²) >= 11 is 0. The summed E-state index contributed by atoms with van der Waals surface area (Å²) in [5.41, 5.74) is 5.69. The third kappa shape index (κ3) is 3.99. The number of hydrogen-bond acceptors (Lipinski definition) is 2. The third-order valence-corrected chi connectivity index (χ3v) is 5.68. The van der Waals surface area contributed by atoms with E-state index in [1.54, 1.807) is 0 Å². The summed E-state index contributed by atoms with van der Waals surface area (Å²) in [6.07, 6.45) is 0. The standard InChI is InChI=1S/C22H30N2O2/c1-23(11-13-25)15-21-17-7-3-5-9-19(17)22(16-24(2)12-14-26)20-10-6-4-8-18(20)21/h3-10,21-22,25-26H,11-16H2,1-2H3/p+2. The Morgan fingerprint density at radius 2 is 0.962 bits per heavy atom. The van der Waals surface area contributed by atoms with Gasteiger partial charge in [0.2, 0.25) is 0 Å². The Kier molecular flexibility index (Phi) is 6.43. The van der Waals surface area contributed by atoms with E-state index in [2.05, 4.69) is 62.6 Å². The second-order valence-electron chi connectivity index (χ2n) is 7.63. The minimum Gasteiger partial charge on any atom is -0.391 e. The largest absolute Gasteiger partial charge is 0.391 e. The van der Waals surface area contributed by atoms with Gasteiger partial charge in [-0.15, -0.1) is 0 Å². The van der Waals surface area contributed by atoms with Gasteiger partial charge in [-0.05, 0) is 22.3 Å². The molecule has 0 heterocycles. The van der Waals surface area contributed by atoms with Crippen LogP contribution in [-0.4, -0.2) is 63.7 Å². The zero-order chi connectivity index (χ0) is 18.5. The monoisotopic (exact) mass is 356 g/mol. The van der Waals surface area contributed by atoms with Crippen molar-refractivity contribution in [2.24, 2.45) is 0 Å². The molecule has 2 unspecified atom stereocenters. The highest BCUT2D eigenvalue weighted by Gasteiger charge is 2.34. The normalized spacial score (nSPS) is 20.9. The first-order valence-corrected chi connectivity index (χ1v) is 9.67. The first-order valence-electron chi connectivity index (χ1n) is 9.67. The van der Waals surface area contributed by atoms with Crippen LogP contribution < -0.4 is 9.80 Å². The zero-order valence-electron chi connectivity index (χ0n) is 15.9. The molecule has 0 amide bonds. The zero-order valence-corrected chi connectivity index (χ0v) is 15.9. The van der Waals surface area contributed by atoms with Crippen LogP contribution in [0.25, 0.3) is 0 Å². The van der Waals surface area contributed by atoms with E-state index in [9.17, 15) is 10.2 Å². The fourth-order valence-electron chi connectivity index (χ4n) is 4.35. The van der Waals surface area contributed by atoms with E-state index in [1.807, 2.05) is 0 Å². The van der Waals surface area contributed by atoms with Gasteiger partial charge in [0.05, 0.1) is 52.2 Å². The van der Waals surface area contributed by atoms with Gasteiger partial charge < -0.3 is 20.0 Å². The van der Waals surface area contributed by atoms with Crippen LogP contribution in [0.1, 0.15) is 34.1 Å².